The van der Waals surface area contributed by atoms with Crippen LogP contribution in [0.25, 0.3) is 0 Å². The molecule has 0 aliphatic carbocycles. The van der Waals surface area contributed by atoms with Gasteiger partial charge in [0.2, 0.25) is 15.9 Å². The maximum absolute atomic E-state index is 12.6. The molecule has 7 nitrogen and oxygen atoms in total. The Hall–Kier alpha value is -1.93. The number of hydrogen-bond acceptors (Lipinski definition) is 5. The van der Waals surface area contributed by atoms with Gasteiger partial charge in [0.1, 0.15) is 5.75 Å². The second-order valence-electron chi connectivity index (χ2n) is 6.33. The maximum Gasteiger partial charge on any atom is 0.227 e. The van der Waals surface area contributed by atoms with Crippen LogP contribution in [-0.4, -0.2) is 57.5 Å². The number of piperidine rings is 1. The summed E-state index contributed by atoms with van der Waals surface area (Å²) in [5, 5.41) is 0. The molecule has 1 heterocycles. The minimum absolute atomic E-state index is 0.0771. The molecule has 0 aromatic heterocycles. The Morgan fingerprint density at radius 2 is 2.08 bits per heavy atom. The molecule has 1 saturated heterocycles. The fraction of sp³-hybridized carbons (Fsp3) is 0.529. The first-order chi connectivity index (χ1) is 11.7. The van der Waals surface area contributed by atoms with Gasteiger partial charge in [-0.2, -0.15) is 0 Å². The minimum atomic E-state index is -3.30. The smallest absolute Gasteiger partial charge is 0.227 e. The number of carbonyl (C=O) groups is 2. The molecule has 1 fully saturated rings. The van der Waals surface area contributed by atoms with E-state index in [4.69, 9.17) is 4.74 Å². The highest BCUT2D eigenvalue weighted by atomic mass is 32.2. The zero-order chi connectivity index (χ0) is 18.6. The molecule has 2 rings (SSSR count). The molecule has 25 heavy (non-hydrogen) atoms. The Morgan fingerprint density at radius 3 is 2.68 bits per heavy atom. The zero-order valence-electron chi connectivity index (χ0n) is 14.7. The molecule has 0 radical (unpaired) electrons. The van der Waals surface area contributed by atoms with Crippen LogP contribution in [0, 0.1) is 0 Å². The Labute approximate surface area is 148 Å². The zero-order valence-corrected chi connectivity index (χ0v) is 15.6. The second kappa shape index (κ2) is 7.97. The van der Waals surface area contributed by atoms with E-state index in [1.807, 2.05) is 0 Å². The SMILES string of the molecule is COc1ccc(C(C)=O)cc1CC(=O)N1CCC[C@@H](NS(C)(=O)=O)C1. The van der Waals surface area contributed by atoms with Crippen LogP contribution in [0.4, 0.5) is 0 Å². The molecule has 1 N–H and O–H groups in total. The lowest BCUT2D eigenvalue weighted by atomic mass is 10.0. The monoisotopic (exact) mass is 368 g/mol. The van der Waals surface area contributed by atoms with Crippen LogP contribution < -0.4 is 9.46 Å². The van der Waals surface area contributed by atoms with E-state index in [-0.39, 0.29) is 24.2 Å². The number of rotatable bonds is 6. The summed E-state index contributed by atoms with van der Waals surface area (Å²) in [4.78, 5) is 25.9. The van der Waals surface area contributed by atoms with Crippen LogP contribution in [0.3, 0.4) is 0 Å². The summed E-state index contributed by atoms with van der Waals surface area (Å²) in [5.41, 5.74) is 1.18. The van der Waals surface area contributed by atoms with Crippen molar-refractivity contribution < 1.29 is 22.7 Å². The average Bonchev–Trinajstić information content (AvgIpc) is 2.53. The summed E-state index contributed by atoms with van der Waals surface area (Å²) in [6, 6.07) is 4.76. The summed E-state index contributed by atoms with van der Waals surface area (Å²) < 4.78 is 30.6. The van der Waals surface area contributed by atoms with Crippen LogP contribution in [0.2, 0.25) is 0 Å². The Kier molecular flexibility index (Phi) is 6.18. The van der Waals surface area contributed by atoms with Gasteiger partial charge in [-0.05, 0) is 38.0 Å². The van der Waals surface area contributed by atoms with E-state index in [0.717, 1.165) is 12.7 Å². The Balaban J connectivity index is 2.11. The molecule has 0 spiro atoms. The molecule has 1 aromatic rings. The van der Waals surface area contributed by atoms with Crippen molar-refractivity contribution in [3.63, 3.8) is 0 Å². The topological polar surface area (TPSA) is 92.8 Å². The number of nitrogens with one attached hydrogen (secondary N) is 1. The van der Waals surface area contributed by atoms with Gasteiger partial charge in [0.25, 0.3) is 0 Å². The summed E-state index contributed by atoms with van der Waals surface area (Å²) in [6.45, 7) is 2.41. The van der Waals surface area contributed by atoms with Gasteiger partial charge in [-0.3, -0.25) is 9.59 Å². The summed E-state index contributed by atoms with van der Waals surface area (Å²) in [7, 11) is -1.79. The fourth-order valence-corrected chi connectivity index (χ4v) is 3.81. The van der Waals surface area contributed by atoms with Crippen molar-refractivity contribution in [2.24, 2.45) is 0 Å². The average molecular weight is 368 g/mol. The lowest BCUT2D eigenvalue weighted by molar-refractivity contribution is -0.131. The highest BCUT2D eigenvalue weighted by Crippen LogP contribution is 2.22. The number of ketones is 1. The van der Waals surface area contributed by atoms with Gasteiger partial charge in [-0.25, -0.2) is 13.1 Å². The maximum atomic E-state index is 12.6. The Bertz CT molecular complexity index is 760. The number of Topliss-reactive ketones (excluding diaryl/α,β-unsaturated/α-hetero) is 1. The number of nitrogens with zero attached hydrogens (tertiary/aromatic N) is 1. The van der Waals surface area contributed by atoms with Gasteiger partial charge < -0.3 is 9.64 Å². The quantitative estimate of drug-likeness (QED) is 0.756. The van der Waals surface area contributed by atoms with Crippen LogP contribution in [0.5, 0.6) is 5.75 Å². The summed E-state index contributed by atoms with van der Waals surface area (Å²) in [6.07, 6.45) is 2.67. The third-order valence-corrected chi connectivity index (χ3v) is 4.94. The first-order valence-corrected chi connectivity index (χ1v) is 10.0. The van der Waals surface area contributed by atoms with E-state index >= 15 is 0 Å². The van der Waals surface area contributed by atoms with Crippen molar-refractivity contribution in [1.82, 2.24) is 9.62 Å². The molecule has 1 atom stereocenters. The van der Waals surface area contributed by atoms with E-state index in [2.05, 4.69) is 4.72 Å². The third kappa shape index (κ3) is 5.54. The number of carbonyl (C=O) groups excluding carboxylic acids is 2. The first kappa shape index (κ1) is 19.4. The van der Waals surface area contributed by atoms with Gasteiger partial charge >= 0.3 is 0 Å². The normalized spacial score (nSPS) is 18.0. The van der Waals surface area contributed by atoms with E-state index in [9.17, 15) is 18.0 Å². The van der Waals surface area contributed by atoms with E-state index in [1.165, 1.54) is 14.0 Å². The van der Waals surface area contributed by atoms with Crippen molar-refractivity contribution >= 4 is 21.7 Å². The van der Waals surface area contributed by atoms with Crippen LogP contribution in [0.1, 0.15) is 35.7 Å². The molecule has 0 bridgehead atoms. The largest absolute Gasteiger partial charge is 0.496 e. The molecule has 1 aliphatic rings. The van der Waals surface area contributed by atoms with E-state index in [1.54, 1.807) is 23.1 Å². The lowest BCUT2D eigenvalue weighted by Crippen LogP contribution is -2.49. The summed E-state index contributed by atoms with van der Waals surface area (Å²) in [5.74, 6) is 0.368. The molecule has 1 amide bonds. The number of sulfonamides is 1. The first-order valence-electron chi connectivity index (χ1n) is 8.12. The van der Waals surface area contributed by atoms with Gasteiger partial charge in [0.05, 0.1) is 19.8 Å². The van der Waals surface area contributed by atoms with Crippen molar-refractivity contribution in [3.05, 3.63) is 29.3 Å². The molecular formula is C17H24N2O5S. The number of methoxy groups -OCH3 is 1. The van der Waals surface area contributed by atoms with Crippen LogP contribution in [0.15, 0.2) is 18.2 Å². The molecule has 138 valence electrons. The molecule has 1 aliphatic heterocycles. The molecule has 0 unspecified atom stereocenters. The fourth-order valence-electron chi connectivity index (χ4n) is 3.01. The number of ether oxygens (including phenoxy) is 1. The van der Waals surface area contributed by atoms with Gasteiger partial charge in [0, 0.05) is 30.3 Å². The third-order valence-electron chi connectivity index (χ3n) is 4.18. The molecule has 0 saturated carbocycles. The van der Waals surface area contributed by atoms with Gasteiger partial charge in [0.15, 0.2) is 5.78 Å². The van der Waals surface area contributed by atoms with Crippen molar-refractivity contribution in [2.45, 2.75) is 32.2 Å². The highest BCUT2D eigenvalue weighted by molar-refractivity contribution is 7.88. The minimum Gasteiger partial charge on any atom is -0.496 e. The predicted octanol–water partition coefficient (Wildman–Crippen LogP) is 0.980. The van der Waals surface area contributed by atoms with Crippen molar-refractivity contribution in [1.29, 1.82) is 0 Å². The van der Waals surface area contributed by atoms with Crippen LogP contribution >= 0.6 is 0 Å². The van der Waals surface area contributed by atoms with Crippen molar-refractivity contribution in [3.8, 4) is 5.75 Å². The second-order valence-corrected chi connectivity index (χ2v) is 8.11. The predicted molar refractivity (Wildman–Crippen MR) is 94.3 cm³/mol. The Morgan fingerprint density at radius 1 is 1.36 bits per heavy atom. The van der Waals surface area contributed by atoms with Gasteiger partial charge in [-0.1, -0.05) is 0 Å². The number of amides is 1. The van der Waals surface area contributed by atoms with Gasteiger partial charge in [-0.15, -0.1) is 0 Å². The standard InChI is InChI=1S/C17H24N2O5S/c1-12(20)13-6-7-16(24-2)14(9-13)10-17(21)19-8-4-5-15(11-19)18-25(3,22)23/h6-7,9,15,18H,4-5,8,10-11H2,1-3H3/t15-/m1/s1. The summed E-state index contributed by atoms with van der Waals surface area (Å²) >= 11 is 0. The number of benzene rings is 1. The highest BCUT2D eigenvalue weighted by Gasteiger charge is 2.26. The molecule has 8 heteroatoms. The van der Waals surface area contributed by atoms with E-state index < -0.39 is 10.0 Å². The lowest BCUT2D eigenvalue weighted by Gasteiger charge is -2.33. The molecule has 1 aromatic carbocycles. The van der Waals surface area contributed by atoms with Crippen LogP contribution in [-0.2, 0) is 21.2 Å². The van der Waals surface area contributed by atoms with Crippen molar-refractivity contribution in [2.75, 3.05) is 26.5 Å². The van der Waals surface area contributed by atoms with E-state index in [0.29, 0.717) is 36.4 Å². The number of likely N-dealkylation sites (tertiary alicyclic amines) is 1. The number of hydrogen-bond donors (Lipinski definition) is 1. The molecular weight excluding hydrogens is 344 g/mol.